The zero-order chi connectivity index (χ0) is 14.8. The van der Waals surface area contributed by atoms with Crippen molar-refractivity contribution < 1.29 is 4.79 Å². The van der Waals surface area contributed by atoms with E-state index in [0.717, 1.165) is 24.1 Å². The maximum absolute atomic E-state index is 12.0. The first-order valence-electron chi connectivity index (χ1n) is 6.80. The average Bonchev–Trinajstić information content (AvgIpc) is 3.22. The Labute approximate surface area is 127 Å². The molecule has 1 aromatic carbocycles. The van der Waals surface area contributed by atoms with Crippen LogP contribution in [0.5, 0.6) is 0 Å². The molecule has 0 atom stereocenters. The number of rotatable bonds is 4. The number of amides is 1. The summed E-state index contributed by atoms with van der Waals surface area (Å²) >= 11 is 6.09. The van der Waals surface area contributed by atoms with Crippen LogP contribution in [-0.4, -0.2) is 21.8 Å². The van der Waals surface area contributed by atoms with Gasteiger partial charge < -0.3 is 0 Å². The lowest BCUT2D eigenvalue weighted by Crippen LogP contribution is -2.19. The third-order valence-electron chi connectivity index (χ3n) is 3.44. The van der Waals surface area contributed by atoms with Crippen molar-refractivity contribution in [2.45, 2.75) is 25.7 Å². The number of carbonyl (C=O) groups excluding carboxylic acids is 1. The van der Waals surface area contributed by atoms with Crippen LogP contribution in [0.4, 0.5) is 0 Å². The van der Waals surface area contributed by atoms with Gasteiger partial charge in [0.2, 0.25) is 0 Å². The number of benzene rings is 1. The largest absolute Gasteiger partial charge is 0.291 e. The Balaban J connectivity index is 1.69. The van der Waals surface area contributed by atoms with Gasteiger partial charge in [-0.15, -0.1) is 0 Å². The fourth-order valence-corrected chi connectivity index (χ4v) is 2.34. The summed E-state index contributed by atoms with van der Waals surface area (Å²) in [6.07, 6.45) is 2.32. The summed E-state index contributed by atoms with van der Waals surface area (Å²) in [5.41, 5.74) is 5.32. The molecule has 5 nitrogen and oxygen atoms in total. The van der Waals surface area contributed by atoms with E-state index in [1.165, 1.54) is 0 Å². The summed E-state index contributed by atoms with van der Waals surface area (Å²) in [6.45, 7) is 1.79. The molecule has 1 saturated carbocycles. The lowest BCUT2D eigenvalue weighted by molar-refractivity contribution is 0.0950. The van der Waals surface area contributed by atoms with Gasteiger partial charge in [-0.1, -0.05) is 29.8 Å². The molecule has 1 fully saturated rings. The van der Waals surface area contributed by atoms with Crippen LogP contribution in [0, 0.1) is 0 Å². The number of aromatic amines is 1. The molecule has 21 heavy (non-hydrogen) atoms. The van der Waals surface area contributed by atoms with Gasteiger partial charge in [0.05, 0.1) is 5.71 Å². The number of hydrogen-bond acceptors (Lipinski definition) is 3. The molecule has 1 amide bonds. The molecular formula is C15H15ClN4O. The molecule has 6 heteroatoms. The molecule has 0 bridgehead atoms. The van der Waals surface area contributed by atoms with Gasteiger partial charge >= 0.3 is 0 Å². The molecule has 0 radical (unpaired) electrons. The van der Waals surface area contributed by atoms with Gasteiger partial charge in [0, 0.05) is 22.2 Å². The second-order valence-corrected chi connectivity index (χ2v) is 5.51. The van der Waals surface area contributed by atoms with E-state index in [1.54, 1.807) is 19.1 Å². The Hall–Kier alpha value is -2.14. The molecule has 2 N–H and O–H groups in total. The number of halogens is 1. The van der Waals surface area contributed by atoms with Gasteiger partial charge in [0.25, 0.3) is 5.91 Å². The number of H-pyrrole nitrogens is 1. The van der Waals surface area contributed by atoms with E-state index < -0.39 is 0 Å². The van der Waals surface area contributed by atoms with Crippen molar-refractivity contribution >= 4 is 23.2 Å². The molecule has 1 aromatic heterocycles. The summed E-state index contributed by atoms with van der Waals surface area (Å²) in [6, 6.07) is 9.15. The van der Waals surface area contributed by atoms with Crippen molar-refractivity contribution in [1.82, 2.24) is 15.6 Å². The summed E-state index contributed by atoms with van der Waals surface area (Å²) in [4.78, 5) is 12.0. The maximum Gasteiger partial charge on any atom is 0.291 e. The second kappa shape index (κ2) is 5.69. The van der Waals surface area contributed by atoms with E-state index in [2.05, 4.69) is 20.7 Å². The predicted molar refractivity (Wildman–Crippen MR) is 81.7 cm³/mol. The van der Waals surface area contributed by atoms with Crippen molar-refractivity contribution in [3.05, 3.63) is 52.3 Å². The molecule has 0 unspecified atom stereocenters. The third kappa shape index (κ3) is 3.13. The van der Waals surface area contributed by atoms with Crippen LogP contribution in [0.1, 0.15) is 47.4 Å². The van der Waals surface area contributed by atoms with Crippen molar-refractivity contribution in [3.63, 3.8) is 0 Å². The van der Waals surface area contributed by atoms with Crippen molar-refractivity contribution in [2.24, 2.45) is 5.10 Å². The number of nitrogens with zero attached hydrogens (tertiary/aromatic N) is 2. The molecule has 2 aromatic rings. The highest BCUT2D eigenvalue weighted by Gasteiger charge is 2.26. The van der Waals surface area contributed by atoms with E-state index in [-0.39, 0.29) is 5.91 Å². The fourth-order valence-electron chi connectivity index (χ4n) is 2.06. The van der Waals surface area contributed by atoms with Gasteiger partial charge in [-0.2, -0.15) is 10.2 Å². The molecule has 3 rings (SSSR count). The quantitative estimate of drug-likeness (QED) is 0.673. The van der Waals surface area contributed by atoms with Crippen LogP contribution < -0.4 is 5.43 Å². The van der Waals surface area contributed by atoms with Gasteiger partial charge in [0.1, 0.15) is 0 Å². The van der Waals surface area contributed by atoms with Crippen LogP contribution in [-0.2, 0) is 0 Å². The van der Waals surface area contributed by atoms with Crippen molar-refractivity contribution in [3.8, 4) is 0 Å². The topological polar surface area (TPSA) is 70.1 Å². The Morgan fingerprint density at radius 3 is 2.90 bits per heavy atom. The third-order valence-corrected chi connectivity index (χ3v) is 3.77. The van der Waals surface area contributed by atoms with E-state index in [4.69, 9.17) is 11.6 Å². The lowest BCUT2D eigenvalue weighted by Gasteiger charge is -2.03. The van der Waals surface area contributed by atoms with Crippen molar-refractivity contribution in [2.75, 3.05) is 0 Å². The number of nitrogens with one attached hydrogen (secondary N) is 2. The number of hydrazone groups is 1. The first kappa shape index (κ1) is 13.8. The summed E-state index contributed by atoms with van der Waals surface area (Å²) in [5.74, 6) is 0.206. The normalized spacial score (nSPS) is 15.0. The number of carbonyl (C=O) groups is 1. The molecule has 1 aliphatic carbocycles. The summed E-state index contributed by atoms with van der Waals surface area (Å²) in [7, 11) is 0. The average molecular weight is 303 g/mol. The molecule has 0 spiro atoms. The van der Waals surface area contributed by atoms with E-state index >= 15 is 0 Å². The highest BCUT2D eigenvalue weighted by Crippen LogP contribution is 2.38. The Bertz CT molecular complexity index is 703. The van der Waals surface area contributed by atoms with Crippen LogP contribution >= 0.6 is 11.6 Å². The van der Waals surface area contributed by atoms with E-state index in [1.807, 2.05) is 18.2 Å². The smallest absolute Gasteiger partial charge is 0.281 e. The second-order valence-electron chi connectivity index (χ2n) is 5.10. The number of aromatic nitrogens is 2. The molecule has 1 aliphatic rings. The van der Waals surface area contributed by atoms with E-state index in [9.17, 15) is 4.79 Å². The minimum absolute atomic E-state index is 0.329. The zero-order valence-corrected chi connectivity index (χ0v) is 12.3. The molecule has 0 aliphatic heterocycles. The van der Waals surface area contributed by atoms with Crippen LogP contribution in [0.15, 0.2) is 35.4 Å². The predicted octanol–water partition coefficient (Wildman–Crippen LogP) is 3.09. The maximum atomic E-state index is 12.0. The van der Waals surface area contributed by atoms with E-state index in [0.29, 0.717) is 22.3 Å². The van der Waals surface area contributed by atoms with Gasteiger partial charge in [-0.3, -0.25) is 9.89 Å². The molecular weight excluding hydrogens is 288 g/mol. The monoisotopic (exact) mass is 302 g/mol. The Morgan fingerprint density at radius 2 is 2.19 bits per heavy atom. The van der Waals surface area contributed by atoms with Gasteiger partial charge in [-0.05, 0) is 31.9 Å². The van der Waals surface area contributed by atoms with Gasteiger partial charge in [0.15, 0.2) is 5.69 Å². The summed E-state index contributed by atoms with van der Waals surface area (Å²) in [5, 5.41) is 11.6. The standard InChI is InChI=1S/C15H15ClN4O/c1-9(11-4-2-3-5-12(11)16)17-20-15(21)14-8-13(18-19-14)10-6-7-10/h2-5,8,10H,6-7H2,1H3,(H,18,19)(H,20,21)/b17-9-. The minimum atomic E-state index is -0.329. The Morgan fingerprint density at radius 1 is 1.43 bits per heavy atom. The Kier molecular flexibility index (Phi) is 3.75. The fraction of sp³-hybridized carbons (Fsp3) is 0.267. The van der Waals surface area contributed by atoms with Crippen LogP contribution in [0.3, 0.4) is 0 Å². The van der Waals surface area contributed by atoms with Crippen LogP contribution in [0.2, 0.25) is 5.02 Å². The first-order chi connectivity index (χ1) is 10.1. The lowest BCUT2D eigenvalue weighted by atomic mass is 10.1. The minimum Gasteiger partial charge on any atom is -0.281 e. The zero-order valence-electron chi connectivity index (χ0n) is 11.6. The SMILES string of the molecule is C/C(=N/NC(=O)c1cc(C2CC2)[nH]n1)c1ccccc1Cl. The first-order valence-corrected chi connectivity index (χ1v) is 7.18. The highest BCUT2D eigenvalue weighted by atomic mass is 35.5. The van der Waals surface area contributed by atoms with Gasteiger partial charge in [-0.25, -0.2) is 5.43 Å². The molecule has 0 saturated heterocycles. The summed E-state index contributed by atoms with van der Waals surface area (Å²) < 4.78 is 0. The molecule has 108 valence electrons. The molecule has 1 heterocycles. The number of hydrogen-bond donors (Lipinski definition) is 2. The van der Waals surface area contributed by atoms with Crippen LogP contribution in [0.25, 0.3) is 0 Å². The van der Waals surface area contributed by atoms with Crippen molar-refractivity contribution in [1.29, 1.82) is 0 Å². The highest BCUT2D eigenvalue weighted by molar-refractivity contribution is 6.34.